The third-order valence-electron chi connectivity index (χ3n) is 17.4. The van der Waals surface area contributed by atoms with E-state index in [9.17, 15) is 10.2 Å². The van der Waals surface area contributed by atoms with Crippen LogP contribution >= 0.6 is 0 Å². The summed E-state index contributed by atoms with van der Waals surface area (Å²) in [5.74, 6) is 4.91. The molecule has 5 unspecified atom stereocenters. The van der Waals surface area contributed by atoms with Gasteiger partial charge in [0.25, 0.3) is 0 Å². The largest absolute Gasteiger partial charge is 0.388 e. The lowest BCUT2D eigenvalue weighted by Gasteiger charge is -2.73. The predicted octanol–water partition coefficient (Wildman–Crippen LogP) is 7.94. The number of fused-ring (bicyclic) bond motifs is 8. The Morgan fingerprint density at radius 1 is 0.833 bits per heavy atom. The maximum atomic E-state index is 11.1. The van der Waals surface area contributed by atoms with E-state index < -0.39 is 24.5 Å². The fourth-order valence-corrected chi connectivity index (χ4v) is 14.9. The molecule has 5 aliphatic carbocycles. The van der Waals surface area contributed by atoms with Crippen molar-refractivity contribution >= 4 is 17.0 Å². The van der Waals surface area contributed by atoms with Crippen LogP contribution in [0.1, 0.15) is 138 Å². The summed E-state index contributed by atoms with van der Waals surface area (Å²) in [6.07, 6.45) is 17.0. The summed E-state index contributed by atoms with van der Waals surface area (Å²) < 4.78 is 8.03. The highest BCUT2D eigenvalue weighted by molar-refractivity contribution is 5.81. The minimum atomic E-state index is -1.06. The zero-order valence-corrected chi connectivity index (χ0v) is 30.8. The van der Waals surface area contributed by atoms with Crippen molar-refractivity contribution in [2.24, 2.45) is 62.6 Å². The van der Waals surface area contributed by atoms with E-state index in [0.29, 0.717) is 55.9 Å². The zero-order chi connectivity index (χ0) is 34.0. The molecule has 1 saturated heterocycles. The van der Waals surface area contributed by atoms with Gasteiger partial charge in [-0.3, -0.25) is 4.57 Å². The van der Waals surface area contributed by atoms with Crippen LogP contribution < -0.4 is 5.73 Å². The molecule has 4 N–H and O–H groups in total. The SMILES string of the molecule is CC(CCC1OC(n2cnc3c(N)ncnc32)C(O)C1O)[C@H]1CC[C@]2(C)[C@H]3CC[C@@H]4[C@@]5(C)CCCC(C)(C)[C@@H]5CC[C@@]4(C)[C@]3(C)CC[C@@H]12. The molecule has 14 atom stereocenters. The van der Waals surface area contributed by atoms with Gasteiger partial charge in [-0.15, -0.1) is 0 Å². The van der Waals surface area contributed by atoms with Gasteiger partial charge in [-0.05, 0) is 140 Å². The maximum Gasteiger partial charge on any atom is 0.167 e. The first-order valence-corrected chi connectivity index (χ1v) is 19.6. The standard InChI is InChI=1S/C40H63N5O3/c1-23(9-10-26-31(46)32(47)35(48-26)45-22-44-30-33(41)42-21-43-34(30)45)24-13-18-37(4)25(24)14-19-39(6)28(37)11-12-29-38(5)17-8-16-36(2,3)27(38)15-20-40(29,39)7/h21-29,31-32,35,46-47H,8-20H2,1-7H3,(H2,41,42,43)/t23?,24-,25+,26?,27+,28-,29-,31?,32?,35?,37+,38+,39-,40-/m1/s1. The summed E-state index contributed by atoms with van der Waals surface area (Å²) in [4.78, 5) is 12.7. The quantitative estimate of drug-likeness (QED) is 0.298. The van der Waals surface area contributed by atoms with E-state index in [1.54, 1.807) is 10.9 Å². The molecular formula is C40H63N5O3. The Morgan fingerprint density at radius 3 is 2.29 bits per heavy atom. The van der Waals surface area contributed by atoms with Crippen LogP contribution in [0.2, 0.25) is 0 Å². The summed E-state index contributed by atoms with van der Waals surface area (Å²) in [6.45, 7) is 18.6. The molecule has 2 aromatic heterocycles. The molecule has 0 aromatic carbocycles. The average molecular weight is 662 g/mol. The number of nitrogens with zero attached hydrogens (tertiary/aromatic N) is 4. The van der Waals surface area contributed by atoms with Crippen molar-refractivity contribution in [2.75, 3.05) is 5.73 Å². The lowest BCUT2D eigenvalue weighted by Crippen LogP contribution is -2.65. The topological polar surface area (TPSA) is 119 Å². The van der Waals surface area contributed by atoms with Crippen LogP contribution in [0.25, 0.3) is 11.2 Å². The van der Waals surface area contributed by atoms with Crippen molar-refractivity contribution in [2.45, 2.75) is 156 Å². The van der Waals surface area contributed by atoms with Crippen LogP contribution in [0.5, 0.6) is 0 Å². The van der Waals surface area contributed by atoms with Crippen LogP contribution in [0.4, 0.5) is 5.82 Å². The fraction of sp³-hybridized carbons (Fsp3) is 0.875. The van der Waals surface area contributed by atoms with E-state index in [2.05, 4.69) is 63.4 Å². The van der Waals surface area contributed by atoms with Crippen molar-refractivity contribution in [3.63, 3.8) is 0 Å². The molecule has 0 amide bonds. The highest BCUT2D eigenvalue weighted by Gasteiger charge is 2.70. The maximum absolute atomic E-state index is 11.1. The second-order valence-corrected chi connectivity index (χ2v) is 19.5. The zero-order valence-electron chi connectivity index (χ0n) is 30.8. The molecular weight excluding hydrogens is 598 g/mol. The molecule has 0 spiro atoms. The van der Waals surface area contributed by atoms with Crippen molar-refractivity contribution in [1.82, 2.24) is 19.5 Å². The number of aliphatic hydroxyl groups excluding tert-OH is 2. The second-order valence-electron chi connectivity index (χ2n) is 19.5. The van der Waals surface area contributed by atoms with E-state index in [4.69, 9.17) is 10.5 Å². The number of hydrogen-bond acceptors (Lipinski definition) is 7. The van der Waals surface area contributed by atoms with E-state index in [-0.39, 0.29) is 0 Å². The van der Waals surface area contributed by atoms with Crippen LogP contribution in [0, 0.1) is 62.6 Å². The van der Waals surface area contributed by atoms with Gasteiger partial charge in [0.15, 0.2) is 17.7 Å². The molecule has 6 aliphatic rings. The van der Waals surface area contributed by atoms with E-state index >= 15 is 0 Å². The van der Waals surface area contributed by atoms with Crippen molar-refractivity contribution in [3.05, 3.63) is 12.7 Å². The first-order chi connectivity index (χ1) is 22.7. The number of nitrogen functional groups attached to an aromatic ring is 1. The normalized spacial score (nSPS) is 48.8. The molecule has 2 aromatic rings. The molecule has 6 fully saturated rings. The number of nitrogens with two attached hydrogens (primary N) is 1. The van der Waals surface area contributed by atoms with E-state index in [1.807, 2.05) is 0 Å². The van der Waals surface area contributed by atoms with Crippen molar-refractivity contribution in [1.29, 1.82) is 0 Å². The summed E-state index contributed by atoms with van der Waals surface area (Å²) >= 11 is 0. The highest BCUT2D eigenvalue weighted by Crippen LogP contribution is 2.78. The first-order valence-electron chi connectivity index (χ1n) is 19.6. The van der Waals surface area contributed by atoms with E-state index in [0.717, 1.165) is 36.5 Å². The number of hydrogen-bond donors (Lipinski definition) is 3. The first kappa shape index (κ1) is 33.4. The number of imidazole rings is 1. The average Bonchev–Trinajstić information content (AvgIpc) is 3.70. The van der Waals surface area contributed by atoms with Gasteiger partial charge in [0.1, 0.15) is 24.1 Å². The molecule has 0 bridgehead atoms. The third kappa shape index (κ3) is 4.45. The molecule has 5 saturated carbocycles. The Hall–Kier alpha value is -1.77. The van der Waals surface area contributed by atoms with Crippen LogP contribution in [0.3, 0.4) is 0 Å². The fourth-order valence-electron chi connectivity index (χ4n) is 14.9. The van der Waals surface area contributed by atoms with Gasteiger partial charge < -0.3 is 20.7 Å². The molecule has 0 radical (unpaired) electrons. The number of rotatable bonds is 5. The lowest BCUT2D eigenvalue weighted by molar-refractivity contribution is -0.241. The summed E-state index contributed by atoms with van der Waals surface area (Å²) in [7, 11) is 0. The Kier molecular flexibility index (Phi) is 7.73. The third-order valence-corrected chi connectivity index (χ3v) is 17.4. The summed E-state index contributed by atoms with van der Waals surface area (Å²) in [5.41, 5.74) is 9.25. The van der Waals surface area contributed by atoms with Crippen molar-refractivity contribution < 1.29 is 14.9 Å². The number of ether oxygens (including phenoxy) is 1. The van der Waals surface area contributed by atoms with Crippen LogP contribution in [0.15, 0.2) is 12.7 Å². The molecule has 3 heterocycles. The van der Waals surface area contributed by atoms with Gasteiger partial charge in [0, 0.05) is 0 Å². The lowest BCUT2D eigenvalue weighted by atomic mass is 9.32. The van der Waals surface area contributed by atoms with Crippen molar-refractivity contribution in [3.8, 4) is 0 Å². The number of aromatic nitrogens is 4. The molecule has 48 heavy (non-hydrogen) atoms. The summed E-state index contributed by atoms with van der Waals surface area (Å²) in [6, 6.07) is 0. The Balaban J connectivity index is 0.958. The Labute approximate surface area is 288 Å². The summed E-state index contributed by atoms with van der Waals surface area (Å²) in [5, 5.41) is 22.1. The minimum Gasteiger partial charge on any atom is -0.388 e. The second kappa shape index (κ2) is 11.1. The van der Waals surface area contributed by atoms with Gasteiger partial charge in [0.2, 0.25) is 0 Å². The molecule has 8 heteroatoms. The van der Waals surface area contributed by atoms with Gasteiger partial charge in [-0.2, -0.15) is 0 Å². The predicted molar refractivity (Wildman–Crippen MR) is 189 cm³/mol. The molecule has 8 nitrogen and oxygen atoms in total. The minimum absolute atomic E-state index is 0.292. The van der Waals surface area contributed by atoms with Gasteiger partial charge in [0.05, 0.1) is 12.4 Å². The van der Waals surface area contributed by atoms with Gasteiger partial charge in [-0.1, -0.05) is 54.9 Å². The van der Waals surface area contributed by atoms with Gasteiger partial charge in [-0.25, -0.2) is 15.0 Å². The Bertz CT molecular complexity index is 1540. The van der Waals surface area contributed by atoms with E-state index in [1.165, 1.54) is 77.0 Å². The highest BCUT2D eigenvalue weighted by atomic mass is 16.6. The van der Waals surface area contributed by atoms with Crippen LogP contribution in [-0.2, 0) is 4.74 Å². The van der Waals surface area contributed by atoms with Crippen LogP contribution in [-0.4, -0.2) is 48.0 Å². The van der Waals surface area contributed by atoms with Gasteiger partial charge >= 0.3 is 0 Å². The molecule has 1 aliphatic heterocycles. The number of aliphatic hydroxyl groups is 2. The number of anilines is 1. The molecule has 8 rings (SSSR count). The smallest absolute Gasteiger partial charge is 0.167 e. The molecule has 266 valence electrons. The Morgan fingerprint density at radius 2 is 1.54 bits per heavy atom. The monoisotopic (exact) mass is 661 g/mol.